The van der Waals surface area contributed by atoms with E-state index in [2.05, 4.69) is 26.5 Å². The van der Waals surface area contributed by atoms with Crippen molar-refractivity contribution in [2.75, 3.05) is 6.61 Å². The Hall–Kier alpha value is -2.12. The van der Waals surface area contributed by atoms with Gasteiger partial charge in [-0.05, 0) is 58.3 Å². The van der Waals surface area contributed by atoms with E-state index in [-0.39, 0.29) is 5.11 Å². The van der Waals surface area contributed by atoms with Crippen LogP contribution in [0.15, 0.2) is 52.0 Å². The number of nitrogens with two attached hydrogens (primary N) is 1. The first-order valence-electron chi connectivity index (χ1n) is 7.31. The van der Waals surface area contributed by atoms with Crippen molar-refractivity contribution >= 4 is 39.5 Å². The molecular weight excluding hydrogens is 390 g/mol. The van der Waals surface area contributed by atoms with Crippen molar-refractivity contribution in [1.82, 2.24) is 5.43 Å². The Balaban J connectivity index is 2.20. The van der Waals surface area contributed by atoms with E-state index < -0.39 is 0 Å². The van der Waals surface area contributed by atoms with E-state index in [0.29, 0.717) is 24.7 Å². The van der Waals surface area contributed by atoms with E-state index in [1.807, 2.05) is 49.4 Å². The lowest BCUT2D eigenvalue weighted by Crippen LogP contribution is -2.23. The van der Waals surface area contributed by atoms with Crippen molar-refractivity contribution in [1.29, 1.82) is 0 Å². The second kappa shape index (κ2) is 9.24. The lowest BCUT2D eigenvalue weighted by atomic mass is 10.2. The molecule has 7 heteroatoms. The number of rotatable bonds is 7. The van der Waals surface area contributed by atoms with Gasteiger partial charge in [-0.3, -0.25) is 5.43 Å². The minimum Gasteiger partial charge on any atom is -0.490 e. The molecule has 3 N–H and O–H groups in total. The fraction of sp³-hybridized carbons (Fsp3) is 0.176. The van der Waals surface area contributed by atoms with Gasteiger partial charge >= 0.3 is 0 Å². The van der Waals surface area contributed by atoms with Crippen LogP contribution in [-0.4, -0.2) is 17.9 Å². The van der Waals surface area contributed by atoms with Crippen molar-refractivity contribution < 1.29 is 9.47 Å². The molecule has 0 radical (unpaired) electrons. The van der Waals surface area contributed by atoms with Crippen LogP contribution in [-0.2, 0) is 6.61 Å². The second-order valence-electron chi connectivity index (χ2n) is 4.77. The molecule has 2 aromatic rings. The number of halogens is 1. The predicted molar refractivity (Wildman–Crippen MR) is 104 cm³/mol. The summed E-state index contributed by atoms with van der Waals surface area (Å²) in [6.07, 6.45) is 1.60. The maximum Gasteiger partial charge on any atom is 0.184 e. The van der Waals surface area contributed by atoms with Crippen LogP contribution in [0.5, 0.6) is 11.5 Å². The van der Waals surface area contributed by atoms with Crippen LogP contribution in [0.2, 0.25) is 0 Å². The third kappa shape index (κ3) is 5.50. The first kappa shape index (κ1) is 18.2. The molecule has 0 saturated heterocycles. The van der Waals surface area contributed by atoms with Gasteiger partial charge < -0.3 is 15.2 Å². The number of nitrogens with one attached hydrogen (secondary N) is 1. The van der Waals surface area contributed by atoms with Crippen molar-refractivity contribution in [3.05, 3.63) is 58.1 Å². The fourth-order valence-electron chi connectivity index (χ4n) is 1.97. The van der Waals surface area contributed by atoms with Crippen LogP contribution >= 0.6 is 28.1 Å². The summed E-state index contributed by atoms with van der Waals surface area (Å²) in [4.78, 5) is 0. The summed E-state index contributed by atoms with van der Waals surface area (Å²) in [5, 5.41) is 4.06. The zero-order valence-electron chi connectivity index (χ0n) is 13.2. The highest BCUT2D eigenvalue weighted by atomic mass is 79.9. The minimum absolute atomic E-state index is 0.109. The summed E-state index contributed by atoms with van der Waals surface area (Å²) in [5.74, 6) is 1.29. The summed E-state index contributed by atoms with van der Waals surface area (Å²) in [6.45, 7) is 2.90. The molecule has 0 aliphatic heterocycles. The van der Waals surface area contributed by atoms with E-state index in [0.717, 1.165) is 15.6 Å². The molecule has 0 aliphatic carbocycles. The molecule has 0 aromatic heterocycles. The predicted octanol–water partition coefficient (Wildman–Crippen LogP) is 3.59. The number of hydrogen-bond acceptors (Lipinski definition) is 4. The van der Waals surface area contributed by atoms with E-state index in [4.69, 9.17) is 27.4 Å². The highest BCUT2D eigenvalue weighted by Gasteiger charge is 2.12. The van der Waals surface area contributed by atoms with E-state index in [9.17, 15) is 0 Å². The summed E-state index contributed by atoms with van der Waals surface area (Å²) in [7, 11) is 0. The molecule has 0 unspecified atom stereocenters. The van der Waals surface area contributed by atoms with Gasteiger partial charge in [-0.2, -0.15) is 5.10 Å². The largest absolute Gasteiger partial charge is 0.490 e. The van der Waals surface area contributed by atoms with Crippen LogP contribution in [0.3, 0.4) is 0 Å². The molecule has 0 fully saturated rings. The number of hydrogen-bond donors (Lipinski definition) is 2. The van der Waals surface area contributed by atoms with Crippen molar-refractivity contribution in [2.45, 2.75) is 13.5 Å². The minimum atomic E-state index is 0.109. The Morgan fingerprint density at radius 2 is 2.04 bits per heavy atom. The van der Waals surface area contributed by atoms with Gasteiger partial charge in [-0.15, -0.1) is 0 Å². The third-order valence-electron chi connectivity index (χ3n) is 2.95. The molecule has 0 bridgehead atoms. The SMILES string of the molecule is CCOc1cc(/C=N\NC(N)=S)cc(Br)c1OCc1ccccc1. The molecule has 0 spiro atoms. The Morgan fingerprint density at radius 3 is 2.71 bits per heavy atom. The quantitative estimate of drug-likeness (QED) is 0.416. The van der Waals surface area contributed by atoms with E-state index >= 15 is 0 Å². The molecule has 0 aliphatic rings. The van der Waals surface area contributed by atoms with Crippen molar-refractivity contribution in [3.63, 3.8) is 0 Å². The van der Waals surface area contributed by atoms with Crippen LogP contribution in [0.1, 0.15) is 18.1 Å². The Labute approximate surface area is 155 Å². The number of hydrazone groups is 1. The van der Waals surface area contributed by atoms with Crippen molar-refractivity contribution in [3.8, 4) is 11.5 Å². The summed E-state index contributed by atoms with van der Waals surface area (Å²) >= 11 is 8.23. The average Bonchev–Trinajstić information content (AvgIpc) is 2.55. The van der Waals surface area contributed by atoms with Gasteiger partial charge in [0.15, 0.2) is 16.6 Å². The summed E-state index contributed by atoms with van der Waals surface area (Å²) < 4.78 is 12.4. The van der Waals surface area contributed by atoms with Crippen LogP contribution < -0.4 is 20.6 Å². The van der Waals surface area contributed by atoms with Gasteiger partial charge in [0, 0.05) is 0 Å². The Kier molecular flexibility index (Phi) is 7.02. The highest BCUT2D eigenvalue weighted by Crippen LogP contribution is 2.37. The maximum atomic E-state index is 5.93. The normalized spacial score (nSPS) is 10.6. The zero-order valence-corrected chi connectivity index (χ0v) is 15.6. The molecule has 126 valence electrons. The van der Waals surface area contributed by atoms with Gasteiger partial charge in [-0.1, -0.05) is 30.3 Å². The average molecular weight is 408 g/mol. The number of thiocarbonyl (C=S) groups is 1. The molecule has 0 saturated carbocycles. The fourth-order valence-corrected chi connectivity index (χ4v) is 2.59. The molecular formula is C17H18BrN3O2S. The number of benzene rings is 2. The lowest BCUT2D eigenvalue weighted by molar-refractivity contribution is 0.267. The van der Waals surface area contributed by atoms with E-state index in [1.54, 1.807) is 6.21 Å². The van der Waals surface area contributed by atoms with Crippen LogP contribution in [0, 0.1) is 0 Å². The van der Waals surface area contributed by atoms with Gasteiger partial charge in [0.2, 0.25) is 0 Å². The molecule has 0 heterocycles. The maximum absolute atomic E-state index is 5.93. The molecule has 0 amide bonds. The summed E-state index contributed by atoms with van der Waals surface area (Å²) in [6, 6.07) is 13.7. The Bertz CT molecular complexity index is 723. The van der Waals surface area contributed by atoms with Gasteiger partial charge in [0.1, 0.15) is 6.61 Å². The van der Waals surface area contributed by atoms with E-state index in [1.165, 1.54) is 0 Å². The standard InChI is InChI=1S/C17H18BrN3O2S/c1-2-22-15-9-13(10-20-21-17(19)24)8-14(18)16(15)23-11-12-6-4-3-5-7-12/h3-10H,2,11H2,1H3,(H3,19,21,24)/b20-10-. The molecule has 24 heavy (non-hydrogen) atoms. The highest BCUT2D eigenvalue weighted by molar-refractivity contribution is 9.10. The molecule has 2 rings (SSSR count). The smallest absolute Gasteiger partial charge is 0.184 e. The van der Waals surface area contributed by atoms with Crippen LogP contribution in [0.4, 0.5) is 0 Å². The Morgan fingerprint density at radius 1 is 1.29 bits per heavy atom. The van der Waals surface area contributed by atoms with Gasteiger partial charge in [0.05, 0.1) is 17.3 Å². The summed E-state index contributed by atoms with van der Waals surface area (Å²) in [5.41, 5.74) is 9.76. The zero-order chi connectivity index (χ0) is 17.4. The topological polar surface area (TPSA) is 68.9 Å². The first-order valence-corrected chi connectivity index (χ1v) is 8.52. The van der Waals surface area contributed by atoms with Gasteiger partial charge in [-0.25, -0.2) is 0 Å². The van der Waals surface area contributed by atoms with Crippen LogP contribution in [0.25, 0.3) is 0 Å². The molecule has 0 atom stereocenters. The lowest BCUT2D eigenvalue weighted by Gasteiger charge is -2.14. The second-order valence-corrected chi connectivity index (χ2v) is 6.07. The number of ether oxygens (including phenoxy) is 2. The van der Waals surface area contributed by atoms with Gasteiger partial charge in [0.25, 0.3) is 0 Å². The van der Waals surface area contributed by atoms with Crippen molar-refractivity contribution in [2.24, 2.45) is 10.8 Å². The molecule has 2 aromatic carbocycles. The first-order chi connectivity index (χ1) is 11.6. The third-order valence-corrected chi connectivity index (χ3v) is 3.63. The monoisotopic (exact) mass is 407 g/mol. The number of nitrogens with zero attached hydrogens (tertiary/aromatic N) is 1. The molecule has 5 nitrogen and oxygen atoms in total.